The minimum Gasteiger partial charge on any atom is -0.508 e. The van der Waals surface area contributed by atoms with Crippen LogP contribution < -0.4 is 9.47 Å². The average molecular weight is 539 g/mol. The molecule has 3 heterocycles. The van der Waals surface area contributed by atoms with Gasteiger partial charge in [-0.2, -0.15) is 0 Å². The fraction of sp³-hybridized carbons (Fsp3) is 0.303. The Morgan fingerprint density at radius 2 is 1.90 bits per heavy atom. The number of phenols is 1. The van der Waals surface area contributed by atoms with Crippen LogP contribution in [0.2, 0.25) is 0 Å². The number of aromatic hydroxyl groups is 1. The van der Waals surface area contributed by atoms with Crippen LogP contribution in [0.25, 0.3) is 22.3 Å². The van der Waals surface area contributed by atoms with Crippen LogP contribution in [0.4, 0.5) is 0 Å². The van der Waals surface area contributed by atoms with Crippen molar-refractivity contribution in [2.24, 2.45) is 5.92 Å². The number of fused-ring (bicyclic) bond motifs is 1. The summed E-state index contributed by atoms with van der Waals surface area (Å²) in [6.07, 6.45) is 2.87. The van der Waals surface area contributed by atoms with Gasteiger partial charge < -0.3 is 14.6 Å². The molecule has 3 unspecified atom stereocenters. The summed E-state index contributed by atoms with van der Waals surface area (Å²) in [5.41, 5.74) is 7.45. The van der Waals surface area contributed by atoms with Gasteiger partial charge in [0.15, 0.2) is 0 Å². The highest BCUT2D eigenvalue weighted by molar-refractivity contribution is 7.03. The van der Waals surface area contributed by atoms with Crippen LogP contribution in [0.15, 0.2) is 78.3 Å². The Bertz CT molecular complexity index is 1480. The van der Waals surface area contributed by atoms with Crippen molar-refractivity contribution in [3.63, 3.8) is 0 Å². The van der Waals surface area contributed by atoms with Gasteiger partial charge in [0, 0.05) is 40.9 Å². The Kier molecular flexibility index (Phi) is 7.15. The second kappa shape index (κ2) is 10.9. The third kappa shape index (κ3) is 5.32. The van der Waals surface area contributed by atoms with Gasteiger partial charge >= 0.3 is 0 Å². The van der Waals surface area contributed by atoms with Gasteiger partial charge in [-0.1, -0.05) is 37.3 Å². The van der Waals surface area contributed by atoms with Crippen LogP contribution in [0.1, 0.15) is 50.0 Å². The van der Waals surface area contributed by atoms with Crippen LogP contribution in [0.3, 0.4) is 0 Å². The molecular formula is C33H34N2O3S. The van der Waals surface area contributed by atoms with Gasteiger partial charge in [0.1, 0.15) is 30.0 Å². The van der Waals surface area contributed by atoms with E-state index >= 15 is 0 Å². The number of hydrogen-bond donors (Lipinski definition) is 1. The van der Waals surface area contributed by atoms with Crippen LogP contribution >= 0.6 is 11.5 Å². The maximum absolute atomic E-state index is 10.2. The molecule has 0 saturated carbocycles. The van der Waals surface area contributed by atoms with E-state index in [2.05, 4.69) is 71.8 Å². The molecule has 39 heavy (non-hydrogen) atoms. The van der Waals surface area contributed by atoms with Gasteiger partial charge in [0.25, 0.3) is 0 Å². The minimum atomic E-state index is -0.294. The molecule has 0 radical (unpaired) electrons. The molecule has 1 saturated heterocycles. The highest BCUT2D eigenvalue weighted by atomic mass is 32.1. The van der Waals surface area contributed by atoms with E-state index in [1.807, 2.05) is 24.4 Å². The summed E-state index contributed by atoms with van der Waals surface area (Å²) in [6.45, 7) is 9.66. The van der Waals surface area contributed by atoms with Crippen LogP contribution in [0.5, 0.6) is 17.2 Å². The highest BCUT2D eigenvalue weighted by Crippen LogP contribution is 2.47. The largest absolute Gasteiger partial charge is 0.508 e. The van der Waals surface area contributed by atoms with Crippen LogP contribution in [-0.2, 0) is 0 Å². The molecule has 1 fully saturated rings. The van der Waals surface area contributed by atoms with E-state index in [-0.39, 0.29) is 11.9 Å². The van der Waals surface area contributed by atoms with Crippen molar-refractivity contribution in [2.45, 2.75) is 39.3 Å². The third-order valence-corrected chi connectivity index (χ3v) is 8.56. The van der Waals surface area contributed by atoms with E-state index in [1.165, 1.54) is 18.0 Å². The zero-order valence-corrected chi connectivity index (χ0v) is 23.4. The first kappa shape index (κ1) is 25.7. The summed E-state index contributed by atoms with van der Waals surface area (Å²) in [7, 11) is 0. The quantitative estimate of drug-likeness (QED) is 0.261. The zero-order valence-electron chi connectivity index (χ0n) is 22.6. The van der Waals surface area contributed by atoms with Gasteiger partial charge in [-0.3, -0.25) is 4.90 Å². The summed E-state index contributed by atoms with van der Waals surface area (Å²) in [4.78, 5) is 2.52. The monoisotopic (exact) mass is 538 g/mol. The van der Waals surface area contributed by atoms with Crippen molar-refractivity contribution in [3.05, 3.63) is 95.0 Å². The van der Waals surface area contributed by atoms with E-state index in [1.54, 1.807) is 12.1 Å². The van der Waals surface area contributed by atoms with Crippen molar-refractivity contribution in [1.29, 1.82) is 0 Å². The molecule has 0 aliphatic carbocycles. The van der Waals surface area contributed by atoms with Crippen LogP contribution in [0, 0.1) is 5.92 Å². The SMILES string of the molecule is CC1=C(c2cccc(-c3cnsc3)c2)C(c2ccc(OCC(C)N3CCC(C)C3)cc2)Oc2ccc(O)cc21. The molecule has 6 rings (SSSR count). The predicted octanol–water partition coefficient (Wildman–Crippen LogP) is 7.69. The Morgan fingerprint density at radius 1 is 1.08 bits per heavy atom. The van der Waals surface area contributed by atoms with Crippen molar-refractivity contribution in [3.8, 4) is 28.4 Å². The van der Waals surface area contributed by atoms with E-state index in [0.717, 1.165) is 69.5 Å². The standard InChI is InChI=1S/C33H34N2O3S/c1-21-13-14-35(18-21)22(2)19-37-29-10-7-24(8-11-29)33-32(23(3)30-16-28(36)9-12-31(30)38-33)26-6-4-5-25(15-26)27-17-34-39-20-27/h4-12,15-17,20-22,33,36H,13-14,18-19H2,1-3H3. The van der Waals surface area contributed by atoms with Gasteiger partial charge in [0.05, 0.1) is 0 Å². The minimum absolute atomic E-state index is 0.228. The van der Waals surface area contributed by atoms with Crippen molar-refractivity contribution in [2.75, 3.05) is 19.7 Å². The number of phenolic OH excluding ortho intramolecular Hbond substituents is 1. The number of likely N-dealkylation sites (tertiary alicyclic amines) is 1. The maximum atomic E-state index is 10.2. The summed E-state index contributed by atoms with van der Waals surface area (Å²) >= 11 is 1.45. The summed E-state index contributed by atoms with van der Waals surface area (Å²) in [6, 6.07) is 22.5. The van der Waals surface area contributed by atoms with Gasteiger partial charge in [-0.15, -0.1) is 0 Å². The molecule has 3 atom stereocenters. The van der Waals surface area contributed by atoms with Crippen LogP contribution in [-0.4, -0.2) is 40.1 Å². The van der Waals surface area contributed by atoms with E-state index in [9.17, 15) is 5.11 Å². The Balaban J connectivity index is 1.30. The fourth-order valence-corrected chi connectivity index (χ4v) is 6.23. The lowest BCUT2D eigenvalue weighted by Crippen LogP contribution is -2.35. The first-order valence-electron chi connectivity index (χ1n) is 13.6. The number of rotatable bonds is 7. The Morgan fingerprint density at radius 3 is 2.64 bits per heavy atom. The molecule has 2 aliphatic rings. The smallest absolute Gasteiger partial charge is 0.150 e. The number of benzene rings is 3. The highest BCUT2D eigenvalue weighted by Gasteiger charge is 2.30. The second-order valence-corrected chi connectivity index (χ2v) is 11.5. The maximum Gasteiger partial charge on any atom is 0.150 e. The van der Waals surface area contributed by atoms with E-state index in [0.29, 0.717) is 12.6 Å². The molecule has 4 aromatic rings. The number of aromatic nitrogens is 1. The third-order valence-electron chi connectivity index (χ3n) is 7.97. The molecule has 1 aromatic heterocycles. The Labute approximate surface area is 234 Å². The molecule has 0 spiro atoms. The molecular weight excluding hydrogens is 504 g/mol. The predicted molar refractivity (Wildman–Crippen MR) is 158 cm³/mol. The second-order valence-electron chi connectivity index (χ2n) is 10.8. The molecule has 200 valence electrons. The van der Waals surface area contributed by atoms with E-state index < -0.39 is 0 Å². The molecule has 6 heteroatoms. The Hall–Kier alpha value is -3.61. The van der Waals surface area contributed by atoms with Gasteiger partial charge in [-0.25, -0.2) is 4.37 Å². The van der Waals surface area contributed by atoms with E-state index in [4.69, 9.17) is 9.47 Å². The number of hydrogen-bond acceptors (Lipinski definition) is 6. The average Bonchev–Trinajstić information content (AvgIpc) is 3.65. The molecule has 2 aliphatic heterocycles. The molecule has 5 nitrogen and oxygen atoms in total. The normalized spacial score (nSPS) is 20.0. The lowest BCUT2D eigenvalue weighted by atomic mass is 9.85. The fourth-order valence-electron chi connectivity index (χ4n) is 5.69. The molecule has 1 N–H and O–H groups in total. The van der Waals surface area contributed by atoms with Crippen molar-refractivity contribution < 1.29 is 14.6 Å². The van der Waals surface area contributed by atoms with Crippen molar-refractivity contribution >= 4 is 22.7 Å². The molecule has 0 bridgehead atoms. The molecule has 0 amide bonds. The topological polar surface area (TPSA) is 54.8 Å². The zero-order chi connectivity index (χ0) is 26.9. The van der Waals surface area contributed by atoms with Gasteiger partial charge in [-0.05, 0) is 103 Å². The number of allylic oxidation sites excluding steroid dienone is 1. The summed E-state index contributed by atoms with van der Waals surface area (Å²) < 4.78 is 17.1. The lowest BCUT2D eigenvalue weighted by molar-refractivity contribution is 0.169. The summed E-state index contributed by atoms with van der Waals surface area (Å²) in [5.74, 6) is 2.63. The number of nitrogens with zero attached hydrogens (tertiary/aromatic N) is 2. The van der Waals surface area contributed by atoms with Crippen molar-refractivity contribution in [1.82, 2.24) is 9.27 Å². The molecule has 3 aromatic carbocycles. The summed E-state index contributed by atoms with van der Waals surface area (Å²) in [5, 5.41) is 12.3. The lowest BCUT2D eigenvalue weighted by Gasteiger charge is -2.31. The first-order valence-corrected chi connectivity index (χ1v) is 14.5. The number of ether oxygens (including phenoxy) is 2. The van der Waals surface area contributed by atoms with Gasteiger partial charge in [0.2, 0.25) is 0 Å². The first-order chi connectivity index (χ1) is 19.0.